The highest BCUT2D eigenvalue weighted by Gasteiger charge is 2.12. The third-order valence-electron chi connectivity index (χ3n) is 2.38. The van der Waals surface area contributed by atoms with Crippen LogP contribution in [0.2, 0.25) is 0 Å². The minimum atomic E-state index is 0.203. The average Bonchev–Trinajstić information content (AvgIpc) is 2.18. The standard InChI is InChI=1S/C13H19NO/c1-13(2,3)12-6-4-11(5-7-12)10-14-8-9-15/h4-7,9,14H,8,10H2,1-3H3. The molecule has 82 valence electrons. The van der Waals surface area contributed by atoms with Crippen molar-refractivity contribution >= 4 is 6.29 Å². The van der Waals surface area contributed by atoms with Gasteiger partial charge in [0.05, 0.1) is 6.54 Å². The summed E-state index contributed by atoms with van der Waals surface area (Å²) in [6.45, 7) is 7.77. The van der Waals surface area contributed by atoms with E-state index in [1.807, 2.05) is 0 Å². The van der Waals surface area contributed by atoms with Crippen LogP contribution in [-0.4, -0.2) is 12.8 Å². The lowest BCUT2D eigenvalue weighted by molar-refractivity contribution is -0.107. The number of aldehydes is 1. The Kier molecular flexibility index (Phi) is 4.04. The molecular formula is C13H19NO. The van der Waals surface area contributed by atoms with E-state index >= 15 is 0 Å². The maximum Gasteiger partial charge on any atom is 0.133 e. The molecule has 0 saturated heterocycles. The molecule has 1 N–H and O–H groups in total. The maximum atomic E-state index is 10.1. The van der Waals surface area contributed by atoms with Crippen molar-refractivity contribution in [3.8, 4) is 0 Å². The number of benzene rings is 1. The molecule has 0 amide bonds. The van der Waals surface area contributed by atoms with Gasteiger partial charge >= 0.3 is 0 Å². The van der Waals surface area contributed by atoms with Crippen molar-refractivity contribution in [3.63, 3.8) is 0 Å². The Morgan fingerprint density at radius 1 is 1.20 bits per heavy atom. The van der Waals surface area contributed by atoms with Crippen molar-refractivity contribution < 1.29 is 4.79 Å². The van der Waals surface area contributed by atoms with Crippen LogP contribution in [0.25, 0.3) is 0 Å². The van der Waals surface area contributed by atoms with Crippen molar-refractivity contribution in [2.24, 2.45) is 0 Å². The van der Waals surface area contributed by atoms with Gasteiger partial charge in [0.2, 0.25) is 0 Å². The van der Waals surface area contributed by atoms with Gasteiger partial charge in [-0.15, -0.1) is 0 Å². The second-order valence-corrected chi connectivity index (χ2v) is 4.74. The Morgan fingerprint density at radius 3 is 2.27 bits per heavy atom. The Bertz CT molecular complexity index is 308. The molecule has 0 radical (unpaired) electrons. The molecule has 0 aliphatic heterocycles. The predicted octanol–water partition coefficient (Wildman–Crippen LogP) is 2.27. The lowest BCUT2D eigenvalue weighted by Gasteiger charge is -2.19. The molecule has 0 aliphatic rings. The van der Waals surface area contributed by atoms with Crippen molar-refractivity contribution in [2.45, 2.75) is 32.7 Å². The van der Waals surface area contributed by atoms with Crippen molar-refractivity contribution in [2.75, 3.05) is 6.54 Å². The lowest BCUT2D eigenvalue weighted by atomic mass is 9.87. The normalized spacial score (nSPS) is 11.4. The van der Waals surface area contributed by atoms with Gasteiger partial charge in [0.25, 0.3) is 0 Å². The van der Waals surface area contributed by atoms with E-state index in [1.54, 1.807) is 0 Å². The van der Waals surface area contributed by atoms with Gasteiger partial charge < -0.3 is 10.1 Å². The number of carbonyl (C=O) groups excluding carboxylic acids is 1. The van der Waals surface area contributed by atoms with Crippen molar-refractivity contribution in [1.82, 2.24) is 5.32 Å². The maximum absolute atomic E-state index is 10.1. The predicted molar refractivity (Wildman–Crippen MR) is 62.9 cm³/mol. The molecule has 1 aromatic rings. The highest BCUT2D eigenvalue weighted by atomic mass is 16.1. The first-order valence-electron chi connectivity index (χ1n) is 5.28. The molecule has 1 aromatic carbocycles. The van der Waals surface area contributed by atoms with E-state index in [0.29, 0.717) is 6.54 Å². The first-order chi connectivity index (χ1) is 7.04. The third-order valence-corrected chi connectivity index (χ3v) is 2.38. The van der Waals surface area contributed by atoms with Crippen molar-refractivity contribution in [3.05, 3.63) is 35.4 Å². The average molecular weight is 205 g/mol. The van der Waals surface area contributed by atoms with E-state index in [2.05, 4.69) is 50.4 Å². The topological polar surface area (TPSA) is 29.1 Å². The number of nitrogens with one attached hydrogen (secondary N) is 1. The van der Waals surface area contributed by atoms with E-state index in [-0.39, 0.29) is 5.41 Å². The number of hydrogen-bond acceptors (Lipinski definition) is 2. The van der Waals surface area contributed by atoms with Gasteiger partial charge in [-0.2, -0.15) is 0 Å². The summed E-state index contributed by atoms with van der Waals surface area (Å²) in [5.74, 6) is 0. The summed E-state index contributed by atoms with van der Waals surface area (Å²) in [5.41, 5.74) is 2.75. The molecule has 0 heterocycles. The SMILES string of the molecule is CC(C)(C)c1ccc(CNCC=O)cc1. The molecule has 0 unspecified atom stereocenters. The largest absolute Gasteiger partial charge is 0.306 e. The highest BCUT2D eigenvalue weighted by Crippen LogP contribution is 2.21. The molecule has 0 aliphatic carbocycles. The zero-order chi connectivity index (χ0) is 11.3. The summed E-state index contributed by atoms with van der Waals surface area (Å²) in [5, 5.41) is 3.04. The van der Waals surface area contributed by atoms with E-state index in [4.69, 9.17) is 0 Å². The Hall–Kier alpha value is -1.15. The monoisotopic (exact) mass is 205 g/mol. The summed E-state index contributed by atoms with van der Waals surface area (Å²) < 4.78 is 0. The second kappa shape index (κ2) is 5.08. The summed E-state index contributed by atoms with van der Waals surface area (Å²) in [7, 11) is 0. The fourth-order valence-electron chi connectivity index (χ4n) is 1.40. The zero-order valence-electron chi connectivity index (χ0n) is 9.71. The Morgan fingerprint density at radius 2 is 1.80 bits per heavy atom. The van der Waals surface area contributed by atoms with Gasteiger partial charge in [0.15, 0.2) is 0 Å². The Labute approximate surface area is 91.7 Å². The van der Waals surface area contributed by atoms with Crippen LogP contribution in [0.1, 0.15) is 31.9 Å². The molecule has 15 heavy (non-hydrogen) atoms. The van der Waals surface area contributed by atoms with Gasteiger partial charge in [-0.25, -0.2) is 0 Å². The second-order valence-electron chi connectivity index (χ2n) is 4.74. The fourth-order valence-corrected chi connectivity index (χ4v) is 1.40. The molecule has 2 heteroatoms. The van der Waals surface area contributed by atoms with E-state index in [0.717, 1.165) is 12.8 Å². The van der Waals surface area contributed by atoms with Crippen LogP contribution in [0.3, 0.4) is 0 Å². The fraction of sp³-hybridized carbons (Fsp3) is 0.462. The molecule has 0 fully saturated rings. The van der Waals surface area contributed by atoms with Crippen LogP contribution in [-0.2, 0) is 16.8 Å². The minimum Gasteiger partial charge on any atom is -0.306 e. The van der Waals surface area contributed by atoms with E-state index in [9.17, 15) is 4.79 Å². The molecule has 0 atom stereocenters. The quantitative estimate of drug-likeness (QED) is 0.603. The van der Waals surface area contributed by atoms with Crippen LogP contribution in [0.4, 0.5) is 0 Å². The van der Waals surface area contributed by atoms with Gasteiger partial charge in [0.1, 0.15) is 6.29 Å². The van der Waals surface area contributed by atoms with Crippen LogP contribution >= 0.6 is 0 Å². The van der Waals surface area contributed by atoms with Crippen molar-refractivity contribution in [1.29, 1.82) is 0 Å². The summed E-state index contributed by atoms with van der Waals surface area (Å²) in [6, 6.07) is 8.52. The lowest BCUT2D eigenvalue weighted by Crippen LogP contribution is -2.16. The van der Waals surface area contributed by atoms with E-state index in [1.165, 1.54) is 11.1 Å². The zero-order valence-corrected chi connectivity index (χ0v) is 9.71. The van der Waals surface area contributed by atoms with Crippen LogP contribution < -0.4 is 5.32 Å². The van der Waals surface area contributed by atoms with Gasteiger partial charge in [0, 0.05) is 6.54 Å². The number of carbonyl (C=O) groups is 1. The molecular weight excluding hydrogens is 186 g/mol. The number of hydrogen-bond donors (Lipinski definition) is 1. The van der Waals surface area contributed by atoms with Gasteiger partial charge in [-0.1, -0.05) is 45.0 Å². The van der Waals surface area contributed by atoms with Crippen LogP contribution in [0, 0.1) is 0 Å². The summed E-state index contributed by atoms with van der Waals surface area (Å²) >= 11 is 0. The van der Waals surface area contributed by atoms with Gasteiger partial charge in [-0.3, -0.25) is 0 Å². The molecule has 0 saturated carbocycles. The van der Waals surface area contributed by atoms with Gasteiger partial charge in [-0.05, 0) is 16.5 Å². The third kappa shape index (κ3) is 3.84. The summed E-state index contributed by atoms with van der Waals surface area (Å²) in [4.78, 5) is 10.1. The molecule has 1 rings (SSSR count). The molecule has 0 aromatic heterocycles. The molecule has 2 nitrogen and oxygen atoms in total. The summed E-state index contributed by atoms with van der Waals surface area (Å²) in [6.07, 6.45) is 0.878. The van der Waals surface area contributed by atoms with Crippen LogP contribution in [0.5, 0.6) is 0 Å². The van der Waals surface area contributed by atoms with Crippen LogP contribution in [0.15, 0.2) is 24.3 Å². The number of rotatable bonds is 4. The molecule has 0 spiro atoms. The smallest absolute Gasteiger partial charge is 0.133 e. The van der Waals surface area contributed by atoms with E-state index < -0.39 is 0 Å². The first kappa shape index (κ1) is 11.9. The molecule has 0 bridgehead atoms. The minimum absolute atomic E-state index is 0.203. The highest BCUT2D eigenvalue weighted by molar-refractivity contribution is 5.51. The Balaban J connectivity index is 2.60. The first-order valence-corrected chi connectivity index (χ1v) is 5.28.